The van der Waals surface area contributed by atoms with Gasteiger partial charge in [0.1, 0.15) is 0 Å². The first-order valence-corrected chi connectivity index (χ1v) is 5.60. The number of hydrogen-bond acceptors (Lipinski definition) is 2. The van der Waals surface area contributed by atoms with Crippen LogP contribution in [-0.2, 0) is 9.53 Å². The van der Waals surface area contributed by atoms with E-state index in [-0.39, 0.29) is 5.97 Å². The van der Waals surface area contributed by atoms with Gasteiger partial charge in [-0.1, -0.05) is 18.1 Å². The molecule has 0 atom stereocenters. The van der Waals surface area contributed by atoms with E-state index in [1.807, 2.05) is 0 Å². The van der Waals surface area contributed by atoms with Crippen molar-refractivity contribution in [2.24, 2.45) is 0 Å². The van der Waals surface area contributed by atoms with E-state index in [0.29, 0.717) is 13.0 Å². The molecule has 0 saturated heterocycles. The van der Waals surface area contributed by atoms with Crippen LogP contribution in [0.2, 0.25) is 0 Å². The fraction of sp³-hybridized carbons (Fsp3) is 0.750. The molecule has 0 amide bonds. The Morgan fingerprint density at radius 3 is 2.79 bits per heavy atom. The maximum atomic E-state index is 11.1. The van der Waals surface area contributed by atoms with Crippen LogP contribution in [0.5, 0.6) is 0 Å². The number of carbonyl (C=O) groups is 1. The van der Waals surface area contributed by atoms with E-state index in [2.05, 4.69) is 13.0 Å². The first-order chi connectivity index (χ1) is 6.79. The van der Waals surface area contributed by atoms with Gasteiger partial charge < -0.3 is 4.74 Å². The molecule has 0 fully saturated rings. The summed E-state index contributed by atoms with van der Waals surface area (Å²) in [4.78, 5) is 11.1. The molecule has 2 nitrogen and oxygen atoms in total. The Morgan fingerprint density at radius 1 is 1.14 bits per heavy atom. The minimum absolute atomic E-state index is 0.0220. The summed E-state index contributed by atoms with van der Waals surface area (Å²) in [7, 11) is 0. The molecule has 0 N–H and O–H groups in total. The molecule has 1 aliphatic heterocycles. The predicted molar refractivity (Wildman–Crippen MR) is 57.0 cm³/mol. The number of rotatable bonds is 0. The SMILES string of the molecule is C/C1=C\CCCOC(=O)CCCCC1. The van der Waals surface area contributed by atoms with Crippen molar-refractivity contribution in [3.05, 3.63) is 11.6 Å². The molecule has 0 bridgehead atoms. The van der Waals surface area contributed by atoms with E-state index in [4.69, 9.17) is 4.74 Å². The smallest absolute Gasteiger partial charge is 0.305 e. The van der Waals surface area contributed by atoms with Crippen LogP contribution in [0.15, 0.2) is 11.6 Å². The number of hydrogen-bond donors (Lipinski definition) is 0. The van der Waals surface area contributed by atoms with Gasteiger partial charge in [-0.15, -0.1) is 0 Å². The lowest BCUT2D eigenvalue weighted by atomic mass is 10.1. The summed E-state index contributed by atoms with van der Waals surface area (Å²) in [6, 6.07) is 0. The van der Waals surface area contributed by atoms with Gasteiger partial charge in [0, 0.05) is 6.42 Å². The molecule has 0 aromatic heterocycles. The van der Waals surface area contributed by atoms with Crippen molar-refractivity contribution in [1.29, 1.82) is 0 Å². The minimum atomic E-state index is -0.0220. The normalized spacial score (nSPS) is 25.2. The Kier molecular flexibility index (Phi) is 5.35. The first kappa shape index (κ1) is 11.3. The van der Waals surface area contributed by atoms with Crippen LogP contribution in [0.25, 0.3) is 0 Å². The molecular weight excluding hydrogens is 176 g/mol. The summed E-state index contributed by atoms with van der Waals surface area (Å²) in [5.41, 5.74) is 1.48. The van der Waals surface area contributed by atoms with E-state index in [1.165, 1.54) is 18.4 Å². The second kappa shape index (κ2) is 6.63. The number of esters is 1. The van der Waals surface area contributed by atoms with Crippen molar-refractivity contribution < 1.29 is 9.53 Å². The van der Waals surface area contributed by atoms with E-state index in [9.17, 15) is 4.79 Å². The third-order valence-electron chi connectivity index (χ3n) is 2.56. The van der Waals surface area contributed by atoms with Gasteiger partial charge in [0.25, 0.3) is 0 Å². The quantitative estimate of drug-likeness (QED) is 0.439. The van der Waals surface area contributed by atoms with Crippen LogP contribution in [-0.4, -0.2) is 12.6 Å². The molecule has 0 aliphatic carbocycles. The van der Waals surface area contributed by atoms with Gasteiger partial charge in [-0.25, -0.2) is 0 Å². The molecular formula is C12H20O2. The van der Waals surface area contributed by atoms with Crippen LogP contribution < -0.4 is 0 Å². The maximum Gasteiger partial charge on any atom is 0.305 e. The predicted octanol–water partition coefficient (Wildman–Crippen LogP) is 3.22. The zero-order valence-corrected chi connectivity index (χ0v) is 9.05. The van der Waals surface area contributed by atoms with Gasteiger partial charge >= 0.3 is 5.97 Å². The molecule has 0 radical (unpaired) electrons. The zero-order valence-electron chi connectivity index (χ0n) is 9.05. The molecule has 2 heteroatoms. The van der Waals surface area contributed by atoms with Crippen LogP contribution in [0.4, 0.5) is 0 Å². The van der Waals surface area contributed by atoms with Crippen molar-refractivity contribution in [2.45, 2.75) is 51.9 Å². The monoisotopic (exact) mass is 196 g/mol. The summed E-state index contributed by atoms with van der Waals surface area (Å²) in [6.45, 7) is 2.78. The molecule has 1 aliphatic rings. The summed E-state index contributed by atoms with van der Waals surface area (Å²) in [5.74, 6) is -0.0220. The topological polar surface area (TPSA) is 26.3 Å². The highest BCUT2D eigenvalue weighted by atomic mass is 16.5. The lowest BCUT2D eigenvalue weighted by Crippen LogP contribution is -2.05. The summed E-state index contributed by atoms with van der Waals surface area (Å²) in [6.07, 6.45) is 9.39. The Balaban J connectivity index is 2.33. The molecule has 14 heavy (non-hydrogen) atoms. The molecule has 80 valence electrons. The van der Waals surface area contributed by atoms with Gasteiger partial charge in [0.15, 0.2) is 0 Å². The number of carbonyl (C=O) groups excluding carboxylic acids is 1. The third kappa shape index (κ3) is 5.05. The Bertz CT molecular complexity index is 206. The maximum absolute atomic E-state index is 11.1. The first-order valence-electron chi connectivity index (χ1n) is 5.60. The average molecular weight is 196 g/mol. The van der Waals surface area contributed by atoms with E-state index >= 15 is 0 Å². The lowest BCUT2D eigenvalue weighted by molar-refractivity contribution is -0.143. The van der Waals surface area contributed by atoms with Gasteiger partial charge in [-0.3, -0.25) is 4.79 Å². The lowest BCUT2D eigenvalue weighted by Gasteiger charge is -2.07. The van der Waals surface area contributed by atoms with Crippen LogP contribution >= 0.6 is 0 Å². The van der Waals surface area contributed by atoms with Gasteiger partial charge in [-0.05, 0) is 39.0 Å². The van der Waals surface area contributed by atoms with Crippen molar-refractivity contribution >= 4 is 5.97 Å². The largest absolute Gasteiger partial charge is 0.466 e. The molecule has 1 rings (SSSR count). The van der Waals surface area contributed by atoms with Crippen LogP contribution in [0.3, 0.4) is 0 Å². The zero-order chi connectivity index (χ0) is 10.2. The van der Waals surface area contributed by atoms with E-state index < -0.39 is 0 Å². The standard InChI is InChI=1S/C12H20O2/c1-11-7-3-2-4-9-12(13)14-10-6-5-8-11/h8H,2-7,9-10H2,1H3/b11-8+. The van der Waals surface area contributed by atoms with Gasteiger partial charge in [0.05, 0.1) is 6.61 Å². The Morgan fingerprint density at radius 2 is 1.93 bits per heavy atom. The van der Waals surface area contributed by atoms with Crippen LogP contribution in [0, 0.1) is 0 Å². The molecule has 1 heterocycles. The van der Waals surface area contributed by atoms with E-state index in [0.717, 1.165) is 25.7 Å². The van der Waals surface area contributed by atoms with E-state index in [1.54, 1.807) is 0 Å². The summed E-state index contributed by atoms with van der Waals surface area (Å²) in [5, 5.41) is 0. The fourth-order valence-electron chi connectivity index (χ4n) is 1.64. The fourth-order valence-corrected chi connectivity index (χ4v) is 1.64. The third-order valence-corrected chi connectivity index (χ3v) is 2.56. The molecule has 0 aromatic carbocycles. The number of ether oxygens (including phenoxy) is 1. The highest BCUT2D eigenvalue weighted by molar-refractivity contribution is 5.69. The minimum Gasteiger partial charge on any atom is -0.466 e. The second-order valence-electron chi connectivity index (χ2n) is 3.97. The highest BCUT2D eigenvalue weighted by Crippen LogP contribution is 2.12. The summed E-state index contributed by atoms with van der Waals surface area (Å²) >= 11 is 0. The van der Waals surface area contributed by atoms with Crippen molar-refractivity contribution in [1.82, 2.24) is 0 Å². The van der Waals surface area contributed by atoms with Gasteiger partial charge in [0.2, 0.25) is 0 Å². The average Bonchev–Trinajstić information content (AvgIpc) is 2.14. The van der Waals surface area contributed by atoms with Crippen molar-refractivity contribution in [3.8, 4) is 0 Å². The highest BCUT2D eigenvalue weighted by Gasteiger charge is 2.03. The Labute approximate surface area is 86.3 Å². The molecule has 0 unspecified atom stereocenters. The van der Waals surface area contributed by atoms with Crippen LogP contribution in [0.1, 0.15) is 51.9 Å². The number of cyclic esters (lactones) is 1. The molecule has 0 spiro atoms. The number of allylic oxidation sites excluding steroid dienone is 2. The molecule has 0 aromatic rings. The van der Waals surface area contributed by atoms with Crippen molar-refractivity contribution in [3.63, 3.8) is 0 Å². The van der Waals surface area contributed by atoms with Crippen molar-refractivity contribution in [2.75, 3.05) is 6.61 Å². The van der Waals surface area contributed by atoms with Gasteiger partial charge in [-0.2, -0.15) is 0 Å². The second-order valence-corrected chi connectivity index (χ2v) is 3.97. The Hall–Kier alpha value is -0.790. The molecule has 0 saturated carbocycles. The summed E-state index contributed by atoms with van der Waals surface area (Å²) < 4.78 is 5.08.